The summed E-state index contributed by atoms with van der Waals surface area (Å²) in [7, 11) is 0. The number of halogens is 1. The Morgan fingerprint density at radius 3 is 2.65 bits per heavy atom. The van der Waals surface area contributed by atoms with Crippen molar-refractivity contribution in [2.24, 2.45) is 0 Å². The van der Waals surface area contributed by atoms with Gasteiger partial charge in [-0.3, -0.25) is 9.59 Å². The topological polar surface area (TPSA) is 81.4 Å². The van der Waals surface area contributed by atoms with Gasteiger partial charge in [-0.15, -0.1) is 0 Å². The minimum Gasteiger partial charge on any atom is -0.455 e. The third-order valence-corrected chi connectivity index (χ3v) is 4.20. The Labute approximate surface area is 142 Å². The van der Waals surface area contributed by atoms with E-state index >= 15 is 0 Å². The van der Waals surface area contributed by atoms with Gasteiger partial charge in [0.05, 0.1) is 12.1 Å². The van der Waals surface area contributed by atoms with Crippen LogP contribution in [-0.2, 0) is 20.7 Å². The lowest BCUT2D eigenvalue weighted by molar-refractivity contribution is -0.146. The van der Waals surface area contributed by atoms with Crippen molar-refractivity contribution in [1.29, 1.82) is 0 Å². The van der Waals surface area contributed by atoms with Gasteiger partial charge in [0.1, 0.15) is 5.76 Å². The number of hydrogen-bond acceptors (Lipinski definition) is 5. The number of nitrogens with one attached hydrogen (secondary N) is 1. The van der Waals surface area contributed by atoms with E-state index in [4.69, 9.17) is 9.26 Å². The molecule has 0 aliphatic rings. The number of ether oxygens (including phenoxy) is 1. The van der Waals surface area contributed by atoms with Gasteiger partial charge in [0.25, 0.3) is 5.91 Å². The SMILES string of the molecule is Cc1cc(NC(=O)COC(=O)Cc2c(C)noc2C)ccc1Br. The summed E-state index contributed by atoms with van der Waals surface area (Å²) >= 11 is 3.39. The maximum Gasteiger partial charge on any atom is 0.310 e. The smallest absolute Gasteiger partial charge is 0.310 e. The Bertz CT molecular complexity index is 720. The highest BCUT2D eigenvalue weighted by Crippen LogP contribution is 2.20. The van der Waals surface area contributed by atoms with Crippen LogP contribution in [0.1, 0.15) is 22.6 Å². The molecule has 2 rings (SSSR count). The van der Waals surface area contributed by atoms with Crippen LogP contribution in [0.15, 0.2) is 27.2 Å². The molecule has 6 nitrogen and oxygen atoms in total. The van der Waals surface area contributed by atoms with E-state index in [1.807, 2.05) is 19.1 Å². The van der Waals surface area contributed by atoms with Crippen molar-refractivity contribution in [2.45, 2.75) is 27.2 Å². The van der Waals surface area contributed by atoms with Crippen molar-refractivity contribution in [3.8, 4) is 0 Å². The summed E-state index contributed by atoms with van der Waals surface area (Å²) in [6, 6.07) is 5.43. The van der Waals surface area contributed by atoms with Gasteiger partial charge in [0.2, 0.25) is 0 Å². The van der Waals surface area contributed by atoms with Crippen LogP contribution >= 0.6 is 15.9 Å². The van der Waals surface area contributed by atoms with E-state index < -0.39 is 5.97 Å². The van der Waals surface area contributed by atoms with Crippen molar-refractivity contribution in [1.82, 2.24) is 5.16 Å². The highest BCUT2D eigenvalue weighted by molar-refractivity contribution is 9.10. The van der Waals surface area contributed by atoms with Crippen molar-refractivity contribution in [3.63, 3.8) is 0 Å². The monoisotopic (exact) mass is 380 g/mol. The molecule has 0 atom stereocenters. The zero-order chi connectivity index (χ0) is 17.0. The number of nitrogens with zero attached hydrogens (tertiary/aromatic N) is 1. The lowest BCUT2D eigenvalue weighted by atomic mass is 10.1. The molecule has 0 spiro atoms. The summed E-state index contributed by atoms with van der Waals surface area (Å²) in [5.74, 6) is -0.311. The average Bonchev–Trinajstić information content (AvgIpc) is 2.81. The molecule has 0 aliphatic heterocycles. The molecule has 1 amide bonds. The fourth-order valence-corrected chi connectivity index (χ4v) is 2.26. The molecule has 122 valence electrons. The Morgan fingerprint density at radius 1 is 1.30 bits per heavy atom. The second kappa shape index (κ2) is 7.41. The van der Waals surface area contributed by atoms with E-state index in [1.54, 1.807) is 19.9 Å². The Hall–Kier alpha value is -2.15. The number of aryl methyl sites for hydroxylation is 3. The number of amides is 1. The molecule has 0 fully saturated rings. The van der Waals surface area contributed by atoms with Gasteiger partial charge in [-0.1, -0.05) is 21.1 Å². The zero-order valence-electron chi connectivity index (χ0n) is 13.1. The highest BCUT2D eigenvalue weighted by atomic mass is 79.9. The van der Waals surface area contributed by atoms with Gasteiger partial charge in [0, 0.05) is 15.7 Å². The van der Waals surface area contributed by atoms with Crippen molar-refractivity contribution in [3.05, 3.63) is 45.3 Å². The minimum atomic E-state index is -0.499. The number of carbonyl (C=O) groups excluding carboxylic acids is 2. The second-order valence-corrected chi connectivity index (χ2v) is 6.01. The van der Waals surface area contributed by atoms with E-state index in [2.05, 4.69) is 26.4 Å². The summed E-state index contributed by atoms with van der Waals surface area (Å²) in [6.07, 6.45) is 0.0336. The Balaban J connectivity index is 1.84. The van der Waals surface area contributed by atoms with E-state index in [9.17, 15) is 9.59 Å². The molecule has 1 heterocycles. The maximum absolute atomic E-state index is 11.8. The Morgan fingerprint density at radius 2 is 2.04 bits per heavy atom. The normalized spacial score (nSPS) is 10.4. The molecule has 2 aromatic rings. The standard InChI is InChI=1S/C16H17BrN2O4/c1-9-6-12(4-5-14(9)17)18-15(20)8-22-16(21)7-13-10(2)19-23-11(13)3/h4-6H,7-8H2,1-3H3,(H,18,20). The summed E-state index contributed by atoms with van der Waals surface area (Å²) in [6.45, 7) is 5.06. The molecular weight excluding hydrogens is 364 g/mol. The lowest BCUT2D eigenvalue weighted by Gasteiger charge is -2.08. The van der Waals surface area contributed by atoms with Crippen molar-refractivity contribution >= 4 is 33.5 Å². The quantitative estimate of drug-likeness (QED) is 0.805. The molecule has 0 radical (unpaired) electrons. The number of aromatic nitrogens is 1. The number of anilines is 1. The first-order chi connectivity index (χ1) is 10.9. The largest absolute Gasteiger partial charge is 0.455 e. The maximum atomic E-state index is 11.8. The summed E-state index contributed by atoms with van der Waals surface area (Å²) in [4.78, 5) is 23.6. The van der Waals surface area contributed by atoms with Crippen LogP contribution < -0.4 is 5.32 Å². The third-order valence-electron chi connectivity index (χ3n) is 3.31. The summed E-state index contributed by atoms with van der Waals surface area (Å²) < 4.78 is 10.9. The highest BCUT2D eigenvalue weighted by Gasteiger charge is 2.15. The van der Waals surface area contributed by atoms with E-state index in [-0.39, 0.29) is 18.9 Å². The van der Waals surface area contributed by atoms with Crippen LogP contribution in [0, 0.1) is 20.8 Å². The number of benzene rings is 1. The van der Waals surface area contributed by atoms with Crippen molar-refractivity contribution in [2.75, 3.05) is 11.9 Å². The molecular formula is C16H17BrN2O4. The second-order valence-electron chi connectivity index (χ2n) is 5.15. The predicted octanol–water partition coefficient (Wildman–Crippen LogP) is 3.09. The first kappa shape index (κ1) is 17.2. The molecule has 1 aromatic heterocycles. The molecule has 0 unspecified atom stereocenters. The predicted molar refractivity (Wildman–Crippen MR) is 88.1 cm³/mol. The van der Waals surface area contributed by atoms with Gasteiger partial charge in [-0.25, -0.2) is 0 Å². The first-order valence-electron chi connectivity index (χ1n) is 7.00. The third kappa shape index (κ3) is 4.66. The van der Waals surface area contributed by atoms with Crippen LogP contribution in [0.4, 0.5) is 5.69 Å². The molecule has 1 N–H and O–H groups in total. The first-order valence-corrected chi connectivity index (χ1v) is 7.79. The minimum absolute atomic E-state index is 0.0336. The number of esters is 1. The van der Waals surface area contributed by atoms with Gasteiger partial charge < -0.3 is 14.6 Å². The molecule has 0 aliphatic carbocycles. The Kier molecular flexibility index (Phi) is 5.54. The van der Waals surface area contributed by atoms with Crippen LogP contribution in [-0.4, -0.2) is 23.6 Å². The van der Waals surface area contributed by atoms with Gasteiger partial charge in [-0.2, -0.15) is 0 Å². The number of hydrogen-bond donors (Lipinski definition) is 1. The lowest BCUT2D eigenvalue weighted by Crippen LogP contribution is -2.21. The zero-order valence-corrected chi connectivity index (χ0v) is 14.7. The molecule has 1 aromatic carbocycles. The molecule has 7 heteroatoms. The molecule has 23 heavy (non-hydrogen) atoms. The van der Waals surface area contributed by atoms with Gasteiger partial charge in [0.15, 0.2) is 6.61 Å². The van der Waals surface area contributed by atoms with Crippen LogP contribution in [0.25, 0.3) is 0 Å². The fraction of sp³-hybridized carbons (Fsp3) is 0.312. The molecule has 0 saturated carbocycles. The van der Waals surface area contributed by atoms with Gasteiger partial charge in [-0.05, 0) is 44.5 Å². The average molecular weight is 381 g/mol. The van der Waals surface area contributed by atoms with Crippen molar-refractivity contribution < 1.29 is 18.8 Å². The summed E-state index contributed by atoms with van der Waals surface area (Å²) in [5, 5.41) is 6.45. The number of rotatable bonds is 5. The number of carbonyl (C=O) groups is 2. The van der Waals surface area contributed by atoms with E-state index in [0.29, 0.717) is 22.7 Å². The molecule has 0 saturated heterocycles. The fourth-order valence-electron chi connectivity index (χ4n) is 2.02. The van der Waals surface area contributed by atoms with Crippen LogP contribution in [0.3, 0.4) is 0 Å². The van der Waals surface area contributed by atoms with Crippen LogP contribution in [0.2, 0.25) is 0 Å². The van der Waals surface area contributed by atoms with E-state index in [1.165, 1.54) is 0 Å². The van der Waals surface area contributed by atoms with Crippen LogP contribution in [0.5, 0.6) is 0 Å². The molecule has 0 bridgehead atoms. The summed E-state index contributed by atoms with van der Waals surface area (Å²) in [5.41, 5.74) is 2.99. The van der Waals surface area contributed by atoms with E-state index in [0.717, 1.165) is 10.0 Å². The van der Waals surface area contributed by atoms with Gasteiger partial charge >= 0.3 is 5.97 Å².